The van der Waals surface area contributed by atoms with Crippen molar-refractivity contribution in [2.75, 3.05) is 27.2 Å². The van der Waals surface area contributed by atoms with E-state index in [9.17, 15) is 0 Å². The third-order valence-corrected chi connectivity index (χ3v) is 4.38. The summed E-state index contributed by atoms with van der Waals surface area (Å²) >= 11 is 5.90. The van der Waals surface area contributed by atoms with Gasteiger partial charge in [0.15, 0.2) is 5.96 Å². The van der Waals surface area contributed by atoms with Gasteiger partial charge >= 0.3 is 0 Å². The number of benzene rings is 1. The summed E-state index contributed by atoms with van der Waals surface area (Å²) in [4.78, 5) is 8.64. The first-order chi connectivity index (χ1) is 12.8. The van der Waals surface area contributed by atoms with E-state index in [0.29, 0.717) is 42.2 Å². The molecule has 2 aromatic rings. The lowest BCUT2D eigenvalue weighted by Gasteiger charge is -2.30. The van der Waals surface area contributed by atoms with Crippen LogP contribution in [0.1, 0.15) is 26.7 Å². The Labute approximate surface area is 165 Å². The van der Waals surface area contributed by atoms with Gasteiger partial charge in [-0.1, -0.05) is 37.5 Å². The van der Waals surface area contributed by atoms with Crippen LogP contribution < -0.4 is 10.6 Å². The van der Waals surface area contributed by atoms with Crippen LogP contribution in [0.15, 0.2) is 33.8 Å². The SMILES string of the molecule is CN=C(NCCc1nc(-c2ccc(Cl)cc2)no1)NCC(OC)C(C)(C)C. The predicted molar refractivity (Wildman–Crippen MR) is 108 cm³/mol. The molecular weight excluding hydrogens is 366 g/mol. The molecule has 27 heavy (non-hydrogen) atoms. The van der Waals surface area contributed by atoms with Crippen molar-refractivity contribution in [3.63, 3.8) is 0 Å². The van der Waals surface area contributed by atoms with Crippen molar-refractivity contribution >= 4 is 17.6 Å². The second-order valence-electron chi connectivity index (χ2n) is 7.24. The molecule has 2 N–H and O–H groups in total. The summed E-state index contributed by atoms with van der Waals surface area (Å²) in [6.45, 7) is 7.72. The van der Waals surface area contributed by atoms with Gasteiger partial charge in [-0.3, -0.25) is 4.99 Å². The monoisotopic (exact) mass is 393 g/mol. The Hall–Kier alpha value is -2.12. The topological polar surface area (TPSA) is 84.6 Å². The van der Waals surface area contributed by atoms with Crippen molar-refractivity contribution in [1.29, 1.82) is 0 Å². The summed E-state index contributed by atoms with van der Waals surface area (Å²) in [6.07, 6.45) is 0.669. The minimum absolute atomic E-state index is 0.0441. The predicted octanol–water partition coefficient (Wildman–Crippen LogP) is 3.16. The summed E-state index contributed by atoms with van der Waals surface area (Å²) in [5.74, 6) is 1.82. The van der Waals surface area contributed by atoms with Crippen LogP contribution in [0.4, 0.5) is 0 Å². The van der Waals surface area contributed by atoms with Gasteiger partial charge in [-0.15, -0.1) is 0 Å². The minimum atomic E-state index is 0.0441. The number of ether oxygens (including phenoxy) is 1. The van der Waals surface area contributed by atoms with Gasteiger partial charge in [0.05, 0.1) is 6.10 Å². The maximum atomic E-state index is 5.90. The van der Waals surface area contributed by atoms with Crippen LogP contribution in [-0.4, -0.2) is 49.5 Å². The van der Waals surface area contributed by atoms with Crippen molar-refractivity contribution < 1.29 is 9.26 Å². The van der Waals surface area contributed by atoms with Crippen LogP contribution in [0.5, 0.6) is 0 Å². The molecule has 0 fully saturated rings. The first-order valence-corrected chi connectivity index (χ1v) is 9.27. The number of hydrogen-bond donors (Lipinski definition) is 2. The zero-order valence-corrected chi connectivity index (χ0v) is 17.3. The van der Waals surface area contributed by atoms with Gasteiger partial charge in [-0.25, -0.2) is 0 Å². The van der Waals surface area contributed by atoms with Gasteiger partial charge in [0, 0.05) is 44.3 Å². The van der Waals surface area contributed by atoms with Crippen molar-refractivity contribution in [2.24, 2.45) is 10.4 Å². The molecular formula is C19H28ClN5O2. The zero-order chi connectivity index (χ0) is 19.9. The van der Waals surface area contributed by atoms with Gasteiger partial charge in [0.1, 0.15) is 0 Å². The summed E-state index contributed by atoms with van der Waals surface area (Å²) in [5, 5.41) is 11.2. The highest BCUT2D eigenvalue weighted by molar-refractivity contribution is 6.30. The summed E-state index contributed by atoms with van der Waals surface area (Å²) in [5.41, 5.74) is 0.912. The number of guanidine groups is 1. The van der Waals surface area contributed by atoms with E-state index in [-0.39, 0.29) is 11.5 Å². The Kier molecular flexibility index (Phi) is 7.62. The van der Waals surface area contributed by atoms with Crippen molar-refractivity contribution in [3.05, 3.63) is 35.2 Å². The number of hydrogen-bond acceptors (Lipinski definition) is 5. The second-order valence-corrected chi connectivity index (χ2v) is 7.68. The lowest BCUT2D eigenvalue weighted by atomic mass is 9.89. The molecule has 1 atom stereocenters. The smallest absolute Gasteiger partial charge is 0.228 e. The van der Waals surface area contributed by atoms with E-state index in [4.69, 9.17) is 20.9 Å². The molecule has 0 spiro atoms. The Balaban J connectivity index is 1.82. The van der Waals surface area contributed by atoms with E-state index in [1.807, 2.05) is 12.1 Å². The second kappa shape index (κ2) is 9.71. The lowest BCUT2D eigenvalue weighted by Crippen LogP contribution is -2.45. The molecule has 7 nitrogen and oxygen atoms in total. The van der Waals surface area contributed by atoms with E-state index in [1.165, 1.54) is 0 Å². The maximum absolute atomic E-state index is 5.90. The van der Waals surface area contributed by atoms with E-state index in [1.54, 1.807) is 26.3 Å². The third-order valence-electron chi connectivity index (χ3n) is 4.13. The largest absolute Gasteiger partial charge is 0.379 e. The molecule has 0 saturated carbocycles. The molecule has 2 rings (SSSR count). The van der Waals surface area contributed by atoms with Crippen LogP contribution in [0.25, 0.3) is 11.4 Å². The number of nitrogens with one attached hydrogen (secondary N) is 2. The zero-order valence-electron chi connectivity index (χ0n) is 16.5. The van der Waals surface area contributed by atoms with Crippen LogP contribution in [0.2, 0.25) is 5.02 Å². The summed E-state index contributed by atoms with van der Waals surface area (Å²) in [6, 6.07) is 7.33. The van der Waals surface area contributed by atoms with Crippen molar-refractivity contribution in [2.45, 2.75) is 33.3 Å². The number of methoxy groups -OCH3 is 1. The molecule has 0 bridgehead atoms. The van der Waals surface area contributed by atoms with Crippen molar-refractivity contribution in [3.8, 4) is 11.4 Å². The van der Waals surface area contributed by atoms with Crippen LogP contribution in [-0.2, 0) is 11.2 Å². The Bertz CT molecular complexity index is 737. The molecule has 8 heteroatoms. The fourth-order valence-corrected chi connectivity index (χ4v) is 2.64. The Morgan fingerprint density at radius 3 is 2.56 bits per heavy atom. The molecule has 1 aromatic heterocycles. The molecule has 0 amide bonds. The molecule has 0 aliphatic rings. The highest BCUT2D eigenvalue weighted by Crippen LogP contribution is 2.21. The van der Waals surface area contributed by atoms with Gasteiger partial charge in [0.2, 0.25) is 11.7 Å². The van der Waals surface area contributed by atoms with Crippen LogP contribution >= 0.6 is 11.6 Å². The Morgan fingerprint density at radius 1 is 1.26 bits per heavy atom. The fourth-order valence-electron chi connectivity index (χ4n) is 2.51. The highest BCUT2D eigenvalue weighted by Gasteiger charge is 2.24. The summed E-state index contributed by atoms with van der Waals surface area (Å²) in [7, 11) is 3.46. The average molecular weight is 394 g/mol. The quantitative estimate of drug-likeness (QED) is 0.555. The van der Waals surface area contributed by atoms with Gasteiger partial charge in [-0.2, -0.15) is 4.98 Å². The normalized spacial score (nSPS) is 13.5. The van der Waals surface area contributed by atoms with Crippen LogP contribution in [0, 0.1) is 5.41 Å². The first kappa shape index (κ1) is 21.2. The number of rotatable bonds is 7. The molecule has 0 saturated heterocycles. The summed E-state index contributed by atoms with van der Waals surface area (Å²) < 4.78 is 10.9. The number of aromatic nitrogens is 2. The average Bonchev–Trinajstić information content (AvgIpc) is 3.09. The molecule has 0 aliphatic heterocycles. The third kappa shape index (κ3) is 6.52. The number of aliphatic imine (C=N–C) groups is 1. The Morgan fingerprint density at radius 2 is 1.96 bits per heavy atom. The standard InChI is InChI=1S/C19H28ClN5O2/c1-19(2,3)15(26-5)12-23-18(21-4)22-11-10-16-24-17(25-27-16)13-6-8-14(20)9-7-13/h6-9,15H,10-12H2,1-5H3,(H2,21,22,23). The van der Waals surface area contributed by atoms with Gasteiger partial charge in [0.25, 0.3) is 0 Å². The molecule has 0 radical (unpaired) electrons. The highest BCUT2D eigenvalue weighted by atomic mass is 35.5. The number of halogens is 1. The number of nitrogens with zero attached hydrogens (tertiary/aromatic N) is 3. The van der Waals surface area contributed by atoms with E-state index in [0.717, 1.165) is 5.56 Å². The minimum Gasteiger partial charge on any atom is -0.379 e. The molecule has 148 valence electrons. The molecule has 1 unspecified atom stereocenters. The maximum Gasteiger partial charge on any atom is 0.228 e. The molecule has 0 aliphatic carbocycles. The first-order valence-electron chi connectivity index (χ1n) is 8.89. The van der Waals surface area contributed by atoms with E-state index < -0.39 is 0 Å². The van der Waals surface area contributed by atoms with E-state index >= 15 is 0 Å². The molecule has 1 aromatic carbocycles. The van der Waals surface area contributed by atoms with E-state index in [2.05, 4.69) is 46.5 Å². The lowest BCUT2D eigenvalue weighted by molar-refractivity contribution is 0.0205. The van der Waals surface area contributed by atoms with Gasteiger partial charge in [-0.05, 0) is 29.7 Å². The van der Waals surface area contributed by atoms with Crippen molar-refractivity contribution in [1.82, 2.24) is 20.8 Å². The fraction of sp³-hybridized carbons (Fsp3) is 0.526. The van der Waals surface area contributed by atoms with Gasteiger partial charge < -0.3 is 19.9 Å². The van der Waals surface area contributed by atoms with Crippen LogP contribution in [0.3, 0.4) is 0 Å². The molecule has 1 heterocycles.